The van der Waals surface area contributed by atoms with Gasteiger partial charge in [-0.3, -0.25) is 14.9 Å². The second-order valence-corrected chi connectivity index (χ2v) is 6.64. The number of aromatic nitrogens is 1. The number of hydrogen-bond acceptors (Lipinski definition) is 5. The van der Waals surface area contributed by atoms with Gasteiger partial charge in [-0.25, -0.2) is 4.98 Å². The van der Waals surface area contributed by atoms with E-state index in [9.17, 15) is 9.59 Å². The van der Waals surface area contributed by atoms with Gasteiger partial charge in [-0.1, -0.05) is 22.9 Å². The minimum absolute atomic E-state index is 0.130. The monoisotopic (exact) mass is 375 g/mol. The minimum atomic E-state index is -0.309. The molecule has 3 aromatic rings. The molecule has 0 unspecified atom stereocenters. The van der Waals surface area contributed by atoms with Crippen molar-refractivity contribution in [2.45, 2.75) is 6.92 Å². The number of benzene rings is 2. The Morgan fingerprint density at radius 1 is 1.16 bits per heavy atom. The normalized spacial score (nSPS) is 10.5. The number of carbonyl (C=O) groups is 2. The number of rotatable bonds is 5. The highest BCUT2D eigenvalue weighted by atomic mass is 35.5. The zero-order valence-corrected chi connectivity index (χ0v) is 14.8. The lowest BCUT2D eigenvalue weighted by Gasteiger charge is -2.05. The van der Waals surface area contributed by atoms with E-state index in [-0.39, 0.29) is 18.4 Å². The predicted octanol–water partition coefficient (Wildman–Crippen LogP) is 3.93. The van der Waals surface area contributed by atoms with Crippen LogP contribution in [0.4, 0.5) is 10.8 Å². The molecule has 0 aliphatic rings. The molecule has 2 amide bonds. The number of hydrogen-bond donors (Lipinski definition) is 2. The average Bonchev–Trinajstić information content (AvgIpc) is 2.95. The van der Waals surface area contributed by atoms with E-state index in [0.29, 0.717) is 21.6 Å². The van der Waals surface area contributed by atoms with E-state index in [2.05, 4.69) is 15.6 Å². The lowest BCUT2D eigenvalue weighted by atomic mass is 10.3. The van der Waals surface area contributed by atoms with Crippen LogP contribution in [-0.4, -0.2) is 23.4 Å². The smallest absolute Gasteiger partial charge is 0.264 e. The van der Waals surface area contributed by atoms with Gasteiger partial charge in [0.25, 0.3) is 5.91 Å². The van der Waals surface area contributed by atoms with Crippen LogP contribution in [0.1, 0.15) is 6.92 Å². The molecule has 1 aromatic heterocycles. The summed E-state index contributed by atoms with van der Waals surface area (Å²) >= 11 is 7.12. The van der Waals surface area contributed by atoms with Gasteiger partial charge >= 0.3 is 0 Å². The number of halogens is 1. The second-order valence-electron chi connectivity index (χ2n) is 5.17. The lowest BCUT2D eigenvalue weighted by molar-refractivity contribution is -0.118. The van der Waals surface area contributed by atoms with Crippen molar-refractivity contribution >= 4 is 55.8 Å². The van der Waals surface area contributed by atoms with Gasteiger partial charge in [-0.15, -0.1) is 0 Å². The lowest BCUT2D eigenvalue weighted by Crippen LogP contribution is -2.19. The quantitative estimate of drug-likeness (QED) is 0.708. The van der Waals surface area contributed by atoms with Crippen molar-refractivity contribution < 1.29 is 14.3 Å². The summed E-state index contributed by atoms with van der Waals surface area (Å²) in [7, 11) is 0. The van der Waals surface area contributed by atoms with Gasteiger partial charge in [-0.2, -0.15) is 0 Å². The highest BCUT2D eigenvalue weighted by molar-refractivity contribution is 7.22. The molecule has 0 atom stereocenters. The van der Waals surface area contributed by atoms with Gasteiger partial charge in [0.2, 0.25) is 5.91 Å². The minimum Gasteiger partial charge on any atom is -0.484 e. The van der Waals surface area contributed by atoms with E-state index in [1.165, 1.54) is 18.3 Å². The molecule has 0 saturated heterocycles. The zero-order chi connectivity index (χ0) is 17.8. The van der Waals surface area contributed by atoms with E-state index < -0.39 is 0 Å². The van der Waals surface area contributed by atoms with Gasteiger partial charge in [-0.05, 0) is 42.5 Å². The molecule has 128 valence electrons. The number of nitrogens with zero attached hydrogens (tertiary/aromatic N) is 1. The van der Waals surface area contributed by atoms with E-state index >= 15 is 0 Å². The van der Waals surface area contributed by atoms with Crippen LogP contribution in [0, 0.1) is 0 Å². The topological polar surface area (TPSA) is 80.3 Å². The third-order valence-electron chi connectivity index (χ3n) is 3.14. The number of carbonyl (C=O) groups excluding carboxylic acids is 2. The third-order valence-corrected chi connectivity index (χ3v) is 4.32. The summed E-state index contributed by atoms with van der Waals surface area (Å²) in [5.41, 5.74) is 1.43. The molecule has 0 aliphatic carbocycles. The van der Waals surface area contributed by atoms with Crippen molar-refractivity contribution in [3.8, 4) is 5.75 Å². The Labute approximate surface area is 152 Å². The van der Waals surface area contributed by atoms with Crippen molar-refractivity contribution in [2.24, 2.45) is 0 Å². The fourth-order valence-electron chi connectivity index (χ4n) is 2.09. The predicted molar refractivity (Wildman–Crippen MR) is 99.5 cm³/mol. The first-order valence-electron chi connectivity index (χ1n) is 7.36. The maximum atomic E-state index is 12.0. The molecule has 0 bridgehead atoms. The maximum Gasteiger partial charge on any atom is 0.264 e. The summed E-state index contributed by atoms with van der Waals surface area (Å²) in [6.07, 6.45) is 0. The van der Waals surface area contributed by atoms with Crippen molar-refractivity contribution in [1.82, 2.24) is 4.98 Å². The first kappa shape index (κ1) is 17.2. The fourth-order valence-corrected chi connectivity index (χ4v) is 3.14. The van der Waals surface area contributed by atoms with Crippen LogP contribution in [0.2, 0.25) is 5.02 Å². The van der Waals surface area contributed by atoms with Crippen LogP contribution in [0.15, 0.2) is 42.5 Å². The second kappa shape index (κ2) is 7.50. The highest BCUT2D eigenvalue weighted by Gasteiger charge is 2.09. The summed E-state index contributed by atoms with van der Waals surface area (Å²) in [5.74, 6) is 0.108. The van der Waals surface area contributed by atoms with Gasteiger partial charge in [0, 0.05) is 17.6 Å². The molecule has 6 nitrogen and oxygen atoms in total. The van der Waals surface area contributed by atoms with Gasteiger partial charge in [0.1, 0.15) is 5.75 Å². The molecule has 2 N–H and O–H groups in total. The van der Waals surface area contributed by atoms with Crippen LogP contribution in [0.25, 0.3) is 10.2 Å². The molecule has 2 aromatic carbocycles. The van der Waals surface area contributed by atoms with Crippen molar-refractivity contribution in [2.75, 3.05) is 17.2 Å². The Hall–Kier alpha value is -2.64. The van der Waals surface area contributed by atoms with Crippen LogP contribution >= 0.6 is 22.9 Å². The summed E-state index contributed by atoms with van der Waals surface area (Å²) in [6, 6.07) is 12.1. The molecule has 3 rings (SSSR count). The first-order valence-corrected chi connectivity index (χ1v) is 8.55. The zero-order valence-electron chi connectivity index (χ0n) is 13.2. The Morgan fingerprint density at radius 2 is 1.92 bits per heavy atom. The molecule has 0 radical (unpaired) electrons. The summed E-state index contributed by atoms with van der Waals surface area (Å²) in [6.45, 7) is 1.32. The Balaban J connectivity index is 1.62. The van der Waals surface area contributed by atoms with Gasteiger partial charge < -0.3 is 10.1 Å². The summed E-state index contributed by atoms with van der Waals surface area (Å²) < 4.78 is 6.25. The molecule has 0 saturated carbocycles. The third kappa shape index (κ3) is 4.68. The van der Waals surface area contributed by atoms with Gasteiger partial charge in [0.15, 0.2) is 11.7 Å². The Bertz CT molecular complexity index is 925. The van der Waals surface area contributed by atoms with Crippen molar-refractivity contribution in [3.05, 3.63) is 47.5 Å². The van der Waals surface area contributed by atoms with Crippen molar-refractivity contribution in [1.29, 1.82) is 0 Å². The van der Waals surface area contributed by atoms with E-state index in [1.54, 1.807) is 36.4 Å². The number of thiazole rings is 1. The fraction of sp³-hybridized carbons (Fsp3) is 0.118. The van der Waals surface area contributed by atoms with Crippen LogP contribution in [-0.2, 0) is 9.59 Å². The number of ether oxygens (including phenoxy) is 1. The number of nitrogens with one attached hydrogen (secondary N) is 2. The average molecular weight is 376 g/mol. The van der Waals surface area contributed by atoms with E-state index in [0.717, 1.165) is 10.2 Å². The molecule has 0 fully saturated rings. The molecular formula is C17H14ClN3O3S. The molecule has 0 spiro atoms. The maximum absolute atomic E-state index is 12.0. The first-order chi connectivity index (χ1) is 12.0. The molecule has 1 heterocycles. The van der Waals surface area contributed by atoms with Crippen molar-refractivity contribution in [3.63, 3.8) is 0 Å². The van der Waals surface area contributed by atoms with Crippen LogP contribution in [0.5, 0.6) is 5.75 Å². The standard InChI is InChI=1S/C17H14ClN3O3S/c1-10(22)19-12-4-7-14-15(8-12)25-17(20-14)21-16(23)9-24-13-5-2-11(18)3-6-13/h2-8H,9H2,1H3,(H,19,22)(H,20,21,23). The van der Waals surface area contributed by atoms with E-state index in [4.69, 9.17) is 16.3 Å². The number of amides is 2. The largest absolute Gasteiger partial charge is 0.484 e. The highest BCUT2D eigenvalue weighted by Crippen LogP contribution is 2.28. The van der Waals surface area contributed by atoms with Crippen LogP contribution in [0.3, 0.4) is 0 Å². The molecule has 8 heteroatoms. The molecule has 25 heavy (non-hydrogen) atoms. The SMILES string of the molecule is CC(=O)Nc1ccc2nc(NC(=O)COc3ccc(Cl)cc3)sc2c1. The number of fused-ring (bicyclic) bond motifs is 1. The summed E-state index contributed by atoms with van der Waals surface area (Å²) in [4.78, 5) is 27.4. The summed E-state index contributed by atoms with van der Waals surface area (Å²) in [5, 5.41) is 6.49. The van der Waals surface area contributed by atoms with Crippen LogP contribution < -0.4 is 15.4 Å². The Morgan fingerprint density at radius 3 is 2.64 bits per heavy atom. The number of anilines is 2. The molecule has 0 aliphatic heterocycles. The Kier molecular flexibility index (Phi) is 5.16. The molecular weight excluding hydrogens is 362 g/mol. The van der Waals surface area contributed by atoms with Gasteiger partial charge in [0.05, 0.1) is 10.2 Å². The van der Waals surface area contributed by atoms with E-state index in [1.807, 2.05) is 6.07 Å².